The molecule has 2 rings (SSSR count). The molecule has 0 bridgehead atoms. The lowest BCUT2D eigenvalue weighted by Gasteiger charge is -2.09. The van der Waals surface area contributed by atoms with Crippen LogP contribution in [-0.2, 0) is 16.1 Å². The van der Waals surface area contributed by atoms with Gasteiger partial charge < -0.3 is 19.6 Å². The molecule has 6 nitrogen and oxygen atoms in total. The van der Waals surface area contributed by atoms with Gasteiger partial charge in [0.2, 0.25) is 0 Å². The first kappa shape index (κ1) is 15.8. The van der Waals surface area contributed by atoms with Crippen LogP contribution >= 0.6 is 0 Å². The third kappa shape index (κ3) is 3.73. The number of carboxylic acid groups (broad SMARTS) is 1. The zero-order valence-electron chi connectivity index (χ0n) is 12.3. The van der Waals surface area contributed by atoms with Gasteiger partial charge in [-0.1, -0.05) is 12.1 Å². The Kier molecular flexibility index (Phi) is 4.95. The molecular formula is C16H17NO5. The Hall–Kier alpha value is -2.60. The second-order valence-electron chi connectivity index (χ2n) is 4.84. The number of ether oxygens (including phenoxy) is 1. The van der Waals surface area contributed by atoms with Gasteiger partial charge in [-0.2, -0.15) is 0 Å². The van der Waals surface area contributed by atoms with Gasteiger partial charge >= 0.3 is 5.97 Å². The number of carbonyl (C=O) groups is 2. The Bertz CT molecular complexity index is 677. The molecule has 0 spiro atoms. The largest absolute Gasteiger partial charge is 0.481 e. The van der Waals surface area contributed by atoms with Gasteiger partial charge in [-0.25, -0.2) is 0 Å². The lowest BCUT2D eigenvalue weighted by Crippen LogP contribution is -2.12. The van der Waals surface area contributed by atoms with E-state index < -0.39 is 17.8 Å². The van der Waals surface area contributed by atoms with Crippen LogP contribution in [0.5, 0.6) is 0 Å². The Morgan fingerprint density at radius 3 is 2.77 bits per heavy atom. The molecule has 0 aliphatic carbocycles. The van der Waals surface area contributed by atoms with Crippen LogP contribution in [0.25, 0.3) is 0 Å². The van der Waals surface area contributed by atoms with E-state index in [2.05, 4.69) is 5.32 Å². The van der Waals surface area contributed by atoms with Crippen molar-refractivity contribution in [2.45, 2.75) is 19.4 Å². The van der Waals surface area contributed by atoms with Crippen LogP contribution in [-0.4, -0.2) is 24.1 Å². The zero-order chi connectivity index (χ0) is 16.1. The molecule has 6 heteroatoms. The average Bonchev–Trinajstić information content (AvgIpc) is 2.96. The number of rotatable bonds is 6. The maximum atomic E-state index is 12.1. The Morgan fingerprint density at radius 1 is 1.32 bits per heavy atom. The van der Waals surface area contributed by atoms with Crippen molar-refractivity contribution < 1.29 is 23.8 Å². The molecular weight excluding hydrogens is 286 g/mol. The van der Waals surface area contributed by atoms with E-state index in [1.807, 2.05) is 0 Å². The summed E-state index contributed by atoms with van der Waals surface area (Å²) in [5.74, 6) is -1.24. The molecule has 0 saturated heterocycles. The van der Waals surface area contributed by atoms with Gasteiger partial charge in [0.1, 0.15) is 12.4 Å². The summed E-state index contributed by atoms with van der Waals surface area (Å²) in [7, 11) is 1.54. The van der Waals surface area contributed by atoms with Crippen LogP contribution < -0.4 is 5.32 Å². The first-order valence-electron chi connectivity index (χ1n) is 6.73. The number of aliphatic carboxylic acids is 1. The number of methoxy groups -OCH3 is 1. The number of benzene rings is 1. The number of amides is 1. The molecule has 0 fully saturated rings. The fourth-order valence-electron chi connectivity index (χ4n) is 1.94. The predicted octanol–water partition coefficient (Wildman–Crippen LogP) is 2.87. The molecule has 0 aliphatic heterocycles. The van der Waals surface area contributed by atoms with Crippen molar-refractivity contribution in [3.8, 4) is 0 Å². The summed E-state index contributed by atoms with van der Waals surface area (Å²) in [4.78, 5) is 23.1. The van der Waals surface area contributed by atoms with E-state index in [1.165, 1.54) is 7.11 Å². The lowest BCUT2D eigenvalue weighted by atomic mass is 10.0. The van der Waals surface area contributed by atoms with E-state index in [0.717, 1.165) is 0 Å². The fourth-order valence-corrected chi connectivity index (χ4v) is 1.94. The maximum absolute atomic E-state index is 12.1. The van der Waals surface area contributed by atoms with Crippen molar-refractivity contribution in [3.63, 3.8) is 0 Å². The van der Waals surface area contributed by atoms with Gasteiger partial charge in [0, 0.05) is 12.8 Å². The summed E-state index contributed by atoms with van der Waals surface area (Å²) in [6.07, 6.45) is 0. The molecule has 0 aliphatic rings. The molecule has 1 heterocycles. The number of nitrogens with one attached hydrogen (secondary N) is 1. The minimum Gasteiger partial charge on any atom is -0.481 e. The van der Waals surface area contributed by atoms with Gasteiger partial charge in [0.25, 0.3) is 5.91 Å². The van der Waals surface area contributed by atoms with Crippen molar-refractivity contribution in [1.82, 2.24) is 0 Å². The smallest absolute Gasteiger partial charge is 0.310 e. The van der Waals surface area contributed by atoms with Crippen LogP contribution in [0.4, 0.5) is 5.69 Å². The minimum absolute atomic E-state index is 0.170. The van der Waals surface area contributed by atoms with Gasteiger partial charge in [-0.05, 0) is 36.8 Å². The van der Waals surface area contributed by atoms with E-state index in [-0.39, 0.29) is 5.76 Å². The van der Waals surface area contributed by atoms with E-state index in [1.54, 1.807) is 43.3 Å². The quantitative estimate of drug-likeness (QED) is 0.856. The average molecular weight is 303 g/mol. The van der Waals surface area contributed by atoms with Gasteiger partial charge in [0.05, 0.1) is 5.92 Å². The summed E-state index contributed by atoms with van der Waals surface area (Å²) in [5.41, 5.74) is 1.13. The summed E-state index contributed by atoms with van der Waals surface area (Å²) < 4.78 is 10.3. The number of hydrogen-bond donors (Lipinski definition) is 2. The first-order chi connectivity index (χ1) is 10.5. The van der Waals surface area contributed by atoms with Crippen LogP contribution in [0, 0.1) is 0 Å². The molecule has 1 atom stereocenters. The Labute approximate surface area is 127 Å². The highest BCUT2D eigenvalue weighted by Crippen LogP contribution is 2.20. The molecule has 22 heavy (non-hydrogen) atoms. The molecule has 2 N–H and O–H groups in total. The van der Waals surface area contributed by atoms with Crippen molar-refractivity contribution in [3.05, 3.63) is 53.5 Å². The van der Waals surface area contributed by atoms with E-state index in [9.17, 15) is 9.59 Å². The number of furan rings is 1. The molecule has 0 radical (unpaired) electrons. The minimum atomic E-state index is -0.918. The van der Waals surface area contributed by atoms with Gasteiger partial charge in [0.15, 0.2) is 5.76 Å². The Morgan fingerprint density at radius 2 is 2.09 bits per heavy atom. The van der Waals surface area contributed by atoms with Gasteiger partial charge in [-0.3, -0.25) is 9.59 Å². The second kappa shape index (κ2) is 6.91. The Balaban J connectivity index is 2.11. The van der Waals surface area contributed by atoms with Crippen molar-refractivity contribution in [2.75, 3.05) is 12.4 Å². The summed E-state index contributed by atoms with van der Waals surface area (Å²) >= 11 is 0. The van der Waals surface area contributed by atoms with Crippen molar-refractivity contribution >= 4 is 17.6 Å². The maximum Gasteiger partial charge on any atom is 0.310 e. The third-order valence-electron chi connectivity index (χ3n) is 3.19. The monoisotopic (exact) mass is 303 g/mol. The standard InChI is InChI=1S/C16H17NO5/c1-10(16(19)20)11-4-3-5-12(8-11)17-15(18)14-7-6-13(22-14)9-21-2/h3-8,10H,9H2,1-2H3,(H,17,18)(H,19,20)/t10-/m1/s1. The fraction of sp³-hybridized carbons (Fsp3) is 0.250. The summed E-state index contributed by atoms with van der Waals surface area (Å²) in [6.45, 7) is 1.88. The lowest BCUT2D eigenvalue weighted by molar-refractivity contribution is -0.138. The van der Waals surface area contributed by atoms with Crippen LogP contribution in [0.1, 0.15) is 34.7 Å². The molecule has 0 unspecified atom stereocenters. The molecule has 1 aromatic carbocycles. The van der Waals surface area contributed by atoms with Crippen molar-refractivity contribution in [1.29, 1.82) is 0 Å². The topological polar surface area (TPSA) is 88.8 Å². The summed E-state index contributed by atoms with van der Waals surface area (Å²) in [5, 5.41) is 11.7. The molecule has 1 amide bonds. The SMILES string of the molecule is COCc1ccc(C(=O)Nc2cccc([C@@H](C)C(=O)O)c2)o1. The first-order valence-corrected chi connectivity index (χ1v) is 6.73. The molecule has 0 saturated carbocycles. The van der Waals surface area contributed by atoms with Crippen LogP contribution in [0.2, 0.25) is 0 Å². The third-order valence-corrected chi connectivity index (χ3v) is 3.19. The predicted molar refractivity (Wildman–Crippen MR) is 79.9 cm³/mol. The highest BCUT2D eigenvalue weighted by Gasteiger charge is 2.15. The number of hydrogen-bond acceptors (Lipinski definition) is 4. The number of carboxylic acids is 1. The van der Waals surface area contributed by atoms with Crippen molar-refractivity contribution in [2.24, 2.45) is 0 Å². The molecule has 2 aromatic rings. The number of carbonyl (C=O) groups excluding carboxylic acids is 1. The highest BCUT2D eigenvalue weighted by atomic mass is 16.5. The van der Waals surface area contributed by atoms with Gasteiger partial charge in [-0.15, -0.1) is 0 Å². The number of anilines is 1. The molecule has 116 valence electrons. The highest BCUT2D eigenvalue weighted by molar-refractivity contribution is 6.02. The second-order valence-corrected chi connectivity index (χ2v) is 4.84. The van der Waals surface area contributed by atoms with E-state index in [4.69, 9.17) is 14.3 Å². The van der Waals surface area contributed by atoms with E-state index in [0.29, 0.717) is 23.6 Å². The van der Waals surface area contributed by atoms with Crippen LogP contribution in [0.3, 0.4) is 0 Å². The van der Waals surface area contributed by atoms with E-state index >= 15 is 0 Å². The summed E-state index contributed by atoms with van der Waals surface area (Å²) in [6, 6.07) is 9.96. The normalized spacial score (nSPS) is 11.9. The van der Waals surface area contributed by atoms with Crippen LogP contribution in [0.15, 0.2) is 40.8 Å². The zero-order valence-corrected chi connectivity index (χ0v) is 12.3. The molecule has 1 aromatic heterocycles.